The number of carbonyl (C=O) groups is 1. The van der Waals surface area contributed by atoms with Crippen LogP contribution in [0.2, 0.25) is 0 Å². The number of nitrogens with one attached hydrogen (secondary N) is 1. The summed E-state index contributed by atoms with van der Waals surface area (Å²) < 4.78 is 14.0. The van der Waals surface area contributed by atoms with Gasteiger partial charge in [-0.1, -0.05) is 24.3 Å². The summed E-state index contributed by atoms with van der Waals surface area (Å²) >= 11 is 1.57. The number of benzene rings is 2. The molecule has 0 spiro atoms. The van der Waals surface area contributed by atoms with Crippen molar-refractivity contribution in [1.29, 1.82) is 0 Å². The highest BCUT2D eigenvalue weighted by Gasteiger charge is 2.10. The molecule has 0 aliphatic heterocycles. The molecule has 23 heavy (non-hydrogen) atoms. The van der Waals surface area contributed by atoms with Gasteiger partial charge in [-0.25, -0.2) is 14.2 Å². The molecule has 0 atom stereocenters. The number of urea groups is 1. The number of hydrogen-bond acceptors (Lipinski definition) is 3. The van der Waals surface area contributed by atoms with Crippen molar-refractivity contribution in [3.8, 4) is 0 Å². The number of aromatic nitrogens is 1. The molecule has 1 heterocycles. The molecule has 1 aromatic heterocycles. The topological polar surface area (TPSA) is 45.2 Å². The quantitative estimate of drug-likeness (QED) is 0.792. The van der Waals surface area contributed by atoms with Crippen molar-refractivity contribution in [3.63, 3.8) is 0 Å². The lowest BCUT2D eigenvalue weighted by atomic mass is 10.2. The zero-order valence-electron chi connectivity index (χ0n) is 12.6. The van der Waals surface area contributed by atoms with Crippen LogP contribution < -0.4 is 5.32 Å². The number of nitrogens with zero attached hydrogens (tertiary/aromatic N) is 2. The molecule has 0 saturated carbocycles. The summed E-state index contributed by atoms with van der Waals surface area (Å²) in [5, 5.41) is 3.72. The third-order valence-corrected chi connectivity index (χ3v) is 4.45. The molecule has 4 nitrogen and oxygen atoms in total. The smallest absolute Gasteiger partial charge is 0.317 e. The number of thiazole rings is 1. The second-order valence-electron chi connectivity index (χ2n) is 5.22. The van der Waals surface area contributed by atoms with Gasteiger partial charge in [0, 0.05) is 13.6 Å². The van der Waals surface area contributed by atoms with Gasteiger partial charge in [0.15, 0.2) is 0 Å². The molecule has 0 aliphatic rings. The predicted octanol–water partition coefficient (Wildman–Crippen LogP) is 3.78. The van der Waals surface area contributed by atoms with E-state index in [0.717, 1.165) is 20.8 Å². The Morgan fingerprint density at radius 2 is 1.96 bits per heavy atom. The van der Waals surface area contributed by atoms with Crippen molar-refractivity contribution < 1.29 is 9.18 Å². The van der Waals surface area contributed by atoms with Crippen LogP contribution in [0.1, 0.15) is 10.6 Å². The van der Waals surface area contributed by atoms with Gasteiger partial charge in [-0.3, -0.25) is 0 Å². The summed E-state index contributed by atoms with van der Waals surface area (Å²) in [6.07, 6.45) is 0. The average Bonchev–Trinajstić information content (AvgIpc) is 2.97. The third kappa shape index (κ3) is 3.84. The highest BCUT2D eigenvalue weighted by atomic mass is 32.1. The lowest BCUT2D eigenvalue weighted by Gasteiger charge is -2.17. The van der Waals surface area contributed by atoms with Crippen molar-refractivity contribution in [3.05, 3.63) is 64.9 Å². The SMILES string of the molecule is CN(Cc1ccc(F)cc1)C(=O)NCc1nc2ccccc2s1. The fraction of sp³-hybridized carbons (Fsp3) is 0.176. The van der Waals surface area contributed by atoms with Crippen LogP contribution >= 0.6 is 11.3 Å². The van der Waals surface area contributed by atoms with E-state index in [-0.39, 0.29) is 11.8 Å². The highest BCUT2D eigenvalue weighted by Crippen LogP contribution is 2.21. The minimum atomic E-state index is -0.281. The van der Waals surface area contributed by atoms with Crippen molar-refractivity contribution >= 4 is 27.6 Å². The molecule has 0 radical (unpaired) electrons. The van der Waals surface area contributed by atoms with Crippen LogP contribution in [0.5, 0.6) is 0 Å². The molecule has 0 unspecified atom stereocenters. The summed E-state index contributed by atoms with van der Waals surface area (Å²) in [5.74, 6) is -0.281. The molecule has 1 N–H and O–H groups in total. The Bertz CT molecular complexity index is 783. The zero-order chi connectivity index (χ0) is 16.2. The Morgan fingerprint density at radius 3 is 2.70 bits per heavy atom. The van der Waals surface area contributed by atoms with Gasteiger partial charge in [0.2, 0.25) is 0 Å². The summed E-state index contributed by atoms with van der Waals surface area (Å²) in [6.45, 7) is 0.817. The Balaban J connectivity index is 1.56. The monoisotopic (exact) mass is 329 g/mol. The van der Waals surface area contributed by atoms with E-state index in [1.807, 2.05) is 24.3 Å². The fourth-order valence-electron chi connectivity index (χ4n) is 2.22. The lowest BCUT2D eigenvalue weighted by molar-refractivity contribution is 0.206. The number of carbonyl (C=O) groups excluding carboxylic acids is 1. The van der Waals surface area contributed by atoms with E-state index in [2.05, 4.69) is 10.3 Å². The Kier molecular flexibility index (Phi) is 4.52. The van der Waals surface area contributed by atoms with Crippen molar-refractivity contribution in [2.24, 2.45) is 0 Å². The molecule has 0 fully saturated rings. The van der Waals surface area contributed by atoms with E-state index in [0.29, 0.717) is 13.1 Å². The average molecular weight is 329 g/mol. The van der Waals surface area contributed by atoms with Crippen LogP contribution in [0.4, 0.5) is 9.18 Å². The van der Waals surface area contributed by atoms with Gasteiger partial charge < -0.3 is 10.2 Å². The van der Waals surface area contributed by atoms with Crippen molar-refractivity contribution in [1.82, 2.24) is 15.2 Å². The first-order valence-corrected chi connectivity index (χ1v) is 8.01. The summed E-state index contributed by atoms with van der Waals surface area (Å²) in [7, 11) is 1.71. The van der Waals surface area contributed by atoms with Crippen LogP contribution in [0.3, 0.4) is 0 Å². The van der Waals surface area contributed by atoms with Crippen molar-refractivity contribution in [2.45, 2.75) is 13.1 Å². The number of amides is 2. The minimum absolute atomic E-state index is 0.186. The summed E-state index contributed by atoms with van der Waals surface area (Å²) in [4.78, 5) is 18.2. The van der Waals surface area contributed by atoms with E-state index in [1.54, 1.807) is 35.4 Å². The third-order valence-electron chi connectivity index (χ3n) is 3.41. The van der Waals surface area contributed by atoms with Gasteiger partial charge >= 0.3 is 6.03 Å². The second kappa shape index (κ2) is 6.75. The van der Waals surface area contributed by atoms with E-state index in [9.17, 15) is 9.18 Å². The summed E-state index contributed by atoms with van der Waals surface area (Å²) in [5.41, 5.74) is 1.82. The van der Waals surface area contributed by atoms with Gasteiger partial charge in [0.25, 0.3) is 0 Å². The Labute approximate surface area is 137 Å². The number of halogens is 1. The first-order chi connectivity index (χ1) is 11.1. The second-order valence-corrected chi connectivity index (χ2v) is 6.33. The minimum Gasteiger partial charge on any atom is -0.331 e. The largest absolute Gasteiger partial charge is 0.331 e. The van der Waals surface area contributed by atoms with E-state index in [1.165, 1.54) is 12.1 Å². The van der Waals surface area contributed by atoms with Gasteiger partial charge in [0.05, 0.1) is 16.8 Å². The molecular weight excluding hydrogens is 313 g/mol. The van der Waals surface area contributed by atoms with Gasteiger partial charge in [0.1, 0.15) is 10.8 Å². The van der Waals surface area contributed by atoms with Crippen LogP contribution in [0.15, 0.2) is 48.5 Å². The molecular formula is C17H16FN3OS. The van der Waals surface area contributed by atoms with Crippen LogP contribution in [-0.4, -0.2) is 23.0 Å². The lowest BCUT2D eigenvalue weighted by Crippen LogP contribution is -2.36. The maximum absolute atomic E-state index is 12.9. The van der Waals surface area contributed by atoms with Gasteiger partial charge in [-0.05, 0) is 29.8 Å². The number of hydrogen-bond donors (Lipinski definition) is 1. The molecule has 118 valence electrons. The van der Waals surface area contributed by atoms with Crippen LogP contribution in [-0.2, 0) is 13.1 Å². The molecule has 0 aliphatic carbocycles. The predicted molar refractivity (Wildman–Crippen MR) is 89.7 cm³/mol. The van der Waals surface area contributed by atoms with Gasteiger partial charge in [-0.15, -0.1) is 11.3 Å². The van der Waals surface area contributed by atoms with Gasteiger partial charge in [-0.2, -0.15) is 0 Å². The van der Waals surface area contributed by atoms with E-state index < -0.39 is 0 Å². The molecule has 0 bridgehead atoms. The van der Waals surface area contributed by atoms with Crippen LogP contribution in [0, 0.1) is 5.82 Å². The Hall–Kier alpha value is -2.47. The number of fused-ring (bicyclic) bond motifs is 1. The van der Waals surface area contributed by atoms with E-state index in [4.69, 9.17) is 0 Å². The molecule has 6 heteroatoms. The highest BCUT2D eigenvalue weighted by molar-refractivity contribution is 7.18. The summed E-state index contributed by atoms with van der Waals surface area (Å²) in [6, 6.07) is 13.8. The molecule has 3 aromatic rings. The van der Waals surface area contributed by atoms with Crippen LogP contribution in [0.25, 0.3) is 10.2 Å². The first kappa shape index (κ1) is 15.4. The molecule has 0 saturated heterocycles. The molecule has 2 aromatic carbocycles. The molecule has 2 amide bonds. The molecule has 3 rings (SSSR count). The van der Waals surface area contributed by atoms with Crippen molar-refractivity contribution in [2.75, 3.05) is 7.05 Å². The standard InChI is InChI=1S/C17H16FN3OS/c1-21(11-12-6-8-13(18)9-7-12)17(22)19-10-16-20-14-4-2-3-5-15(14)23-16/h2-9H,10-11H2,1H3,(H,19,22). The zero-order valence-corrected chi connectivity index (χ0v) is 13.4. The fourth-order valence-corrected chi connectivity index (χ4v) is 3.12. The first-order valence-electron chi connectivity index (χ1n) is 7.19. The number of para-hydroxylation sites is 1. The normalized spacial score (nSPS) is 10.7. The van der Waals surface area contributed by atoms with E-state index >= 15 is 0 Å². The number of rotatable bonds is 4. The maximum atomic E-state index is 12.9. The maximum Gasteiger partial charge on any atom is 0.317 e. The Morgan fingerprint density at radius 1 is 1.22 bits per heavy atom.